The third kappa shape index (κ3) is 3.16. The van der Waals surface area contributed by atoms with E-state index in [-0.39, 0.29) is 0 Å². The quantitative estimate of drug-likeness (QED) is 0.541. The minimum Gasteiger partial charge on any atom is -0.293 e. The van der Waals surface area contributed by atoms with E-state index in [1.807, 2.05) is 0 Å². The zero-order valence-corrected chi connectivity index (χ0v) is 16.0. The largest absolute Gasteiger partial charge is 0.416 e. The van der Waals surface area contributed by atoms with E-state index < -0.39 is 11.7 Å². The first-order chi connectivity index (χ1) is 13.5. The van der Waals surface area contributed by atoms with Gasteiger partial charge in [-0.05, 0) is 85.0 Å². The van der Waals surface area contributed by atoms with Crippen LogP contribution in [0.2, 0.25) is 0 Å². The molecule has 1 unspecified atom stereocenters. The van der Waals surface area contributed by atoms with Gasteiger partial charge in [-0.2, -0.15) is 13.2 Å². The van der Waals surface area contributed by atoms with Crippen molar-refractivity contribution in [1.82, 2.24) is 4.90 Å². The van der Waals surface area contributed by atoms with Crippen molar-refractivity contribution in [2.24, 2.45) is 0 Å². The molecule has 1 saturated carbocycles. The molecular weight excluding hydrogens is 359 g/mol. The van der Waals surface area contributed by atoms with Crippen LogP contribution in [0, 0.1) is 0 Å². The molecule has 2 bridgehead atoms. The fourth-order valence-electron chi connectivity index (χ4n) is 5.73. The normalized spacial score (nSPS) is 25.7. The van der Waals surface area contributed by atoms with E-state index in [0.717, 1.165) is 11.1 Å². The van der Waals surface area contributed by atoms with Crippen LogP contribution in [0.1, 0.15) is 73.6 Å². The standard InChI is InChI=1S/C24H26F3N/c25-24(26,27)19-10-7-16(8-11-19)17-9-12-21-18-4-3-13-28(20-5-1-2-6-20)23(15-18)22(21)14-17/h7-12,14,18,20,23H,1-6,13,15H2/t18?,23-/m1/s1. The van der Waals surface area contributed by atoms with E-state index in [2.05, 4.69) is 23.1 Å². The van der Waals surface area contributed by atoms with Gasteiger partial charge in [-0.25, -0.2) is 0 Å². The molecular formula is C24H26F3N. The molecule has 0 N–H and O–H groups in total. The second-order valence-electron chi connectivity index (χ2n) is 8.69. The van der Waals surface area contributed by atoms with Gasteiger partial charge in [0.2, 0.25) is 0 Å². The molecule has 2 fully saturated rings. The summed E-state index contributed by atoms with van der Waals surface area (Å²) in [5.41, 5.74) is 4.21. The van der Waals surface area contributed by atoms with Gasteiger partial charge >= 0.3 is 6.18 Å². The number of halogens is 3. The van der Waals surface area contributed by atoms with E-state index in [9.17, 15) is 13.2 Å². The number of fused-ring (bicyclic) bond motifs is 5. The summed E-state index contributed by atoms with van der Waals surface area (Å²) < 4.78 is 38.6. The van der Waals surface area contributed by atoms with Gasteiger partial charge in [0.25, 0.3) is 0 Å². The van der Waals surface area contributed by atoms with Crippen molar-refractivity contribution in [3.8, 4) is 11.1 Å². The summed E-state index contributed by atoms with van der Waals surface area (Å²) in [6.45, 7) is 1.19. The molecule has 148 valence electrons. The van der Waals surface area contributed by atoms with Gasteiger partial charge in [0.1, 0.15) is 0 Å². The maximum atomic E-state index is 12.9. The lowest BCUT2D eigenvalue weighted by atomic mass is 9.93. The van der Waals surface area contributed by atoms with E-state index in [4.69, 9.17) is 0 Å². The first kappa shape index (κ1) is 18.2. The van der Waals surface area contributed by atoms with E-state index in [1.54, 1.807) is 12.1 Å². The molecule has 2 aromatic carbocycles. The highest BCUT2D eigenvalue weighted by Gasteiger charge is 2.40. The number of nitrogens with zero attached hydrogens (tertiary/aromatic N) is 1. The molecule has 1 aliphatic heterocycles. The molecule has 0 spiro atoms. The second kappa shape index (κ2) is 6.91. The Labute approximate surface area is 164 Å². The Morgan fingerprint density at radius 1 is 0.786 bits per heavy atom. The van der Waals surface area contributed by atoms with Crippen LogP contribution in [-0.2, 0) is 6.18 Å². The zero-order chi connectivity index (χ0) is 19.3. The van der Waals surface area contributed by atoms with Crippen LogP contribution in [0.5, 0.6) is 0 Å². The number of likely N-dealkylation sites (tertiary alicyclic amines) is 1. The Bertz CT molecular complexity index is 849. The van der Waals surface area contributed by atoms with Gasteiger partial charge in [0.05, 0.1) is 5.56 Å². The van der Waals surface area contributed by atoms with Crippen molar-refractivity contribution >= 4 is 0 Å². The SMILES string of the molecule is FC(F)(F)c1ccc(-c2ccc3c(c2)[C@H]2CC3CCCN2C2CCCC2)cc1. The Hall–Kier alpha value is -1.81. The fourth-order valence-corrected chi connectivity index (χ4v) is 5.73. The zero-order valence-electron chi connectivity index (χ0n) is 16.0. The van der Waals surface area contributed by atoms with Gasteiger partial charge in [-0.1, -0.05) is 37.1 Å². The Morgan fingerprint density at radius 2 is 1.50 bits per heavy atom. The lowest BCUT2D eigenvalue weighted by Crippen LogP contribution is -2.36. The first-order valence-electron chi connectivity index (χ1n) is 10.6. The maximum Gasteiger partial charge on any atom is 0.416 e. The minimum absolute atomic E-state index is 0.486. The Kier molecular flexibility index (Phi) is 4.50. The van der Waals surface area contributed by atoms with Gasteiger partial charge < -0.3 is 0 Å². The average molecular weight is 385 g/mol. The summed E-state index contributed by atoms with van der Waals surface area (Å²) in [6, 6.07) is 13.4. The number of hydrogen-bond donors (Lipinski definition) is 0. The third-order valence-corrected chi connectivity index (χ3v) is 7.10. The Morgan fingerprint density at radius 3 is 2.21 bits per heavy atom. The summed E-state index contributed by atoms with van der Waals surface area (Å²) in [4.78, 5) is 2.76. The van der Waals surface area contributed by atoms with Gasteiger partial charge in [0, 0.05) is 12.1 Å². The topological polar surface area (TPSA) is 3.24 Å². The highest BCUT2D eigenvalue weighted by molar-refractivity contribution is 5.66. The molecule has 0 radical (unpaired) electrons. The summed E-state index contributed by atoms with van der Waals surface area (Å²) in [7, 11) is 0. The van der Waals surface area contributed by atoms with Crippen LogP contribution >= 0.6 is 0 Å². The van der Waals surface area contributed by atoms with Crippen LogP contribution < -0.4 is 0 Å². The highest BCUT2D eigenvalue weighted by Crippen LogP contribution is 2.50. The number of benzene rings is 2. The second-order valence-corrected chi connectivity index (χ2v) is 8.69. The van der Waals surface area contributed by atoms with Gasteiger partial charge in [-0.3, -0.25) is 4.90 Å². The first-order valence-corrected chi connectivity index (χ1v) is 10.6. The maximum absolute atomic E-state index is 12.9. The van der Waals surface area contributed by atoms with Crippen LogP contribution in [0.15, 0.2) is 42.5 Å². The minimum atomic E-state index is -4.28. The van der Waals surface area contributed by atoms with E-state index in [1.165, 1.54) is 74.8 Å². The van der Waals surface area contributed by atoms with Crippen molar-refractivity contribution in [1.29, 1.82) is 0 Å². The van der Waals surface area contributed by atoms with Crippen molar-refractivity contribution in [2.45, 2.75) is 69.1 Å². The molecule has 1 nitrogen and oxygen atoms in total. The molecule has 2 aromatic rings. The fraction of sp³-hybridized carbons (Fsp3) is 0.500. The summed E-state index contributed by atoms with van der Waals surface area (Å²) in [5, 5.41) is 0. The molecule has 0 amide bonds. The van der Waals surface area contributed by atoms with Crippen molar-refractivity contribution in [3.63, 3.8) is 0 Å². The predicted octanol–water partition coefficient (Wildman–Crippen LogP) is 6.94. The smallest absolute Gasteiger partial charge is 0.293 e. The van der Waals surface area contributed by atoms with E-state index >= 15 is 0 Å². The van der Waals surface area contributed by atoms with Crippen molar-refractivity contribution in [2.75, 3.05) is 6.54 Å². The van der Waals surface area contributed by atoms with Crippen LogP contribution in [0.3, 0.4) is 0 Å². The number of rotatable bonds is 2. The third-order valence-electron chi connectivity index (χ3n) is 7.10. The van der Waals surface area contributed by atoms with E-state index in [0.29, 0.717) is 18.0 Å². The monoisotopic (exact) mass is 385 g/mol. The van der Waals surface area contributed by atoms with Crippen molar-refractivity contribution < 1.29 is 13.2 Å². The predicted molar refractivity (Wildman–Crippen MR) is 105 cm³/mol. The summed E-state index contributed by atoms with van der Waals surface area (Å²) in [6.07, 6.45) is 4.77. The molecule has 1 heterocycles. The van der Waals surface area contributed by atoms with Crippen LogP contribution in [0.25, 0.3) is 11.1 Å². The molecule has 4 heteroatoms. The van der Waals surface area contributed by atoms with Gasteiger partial charge in [0.15, 0.2) is 0 Å². The molecule has 5 rings (SSSR count). The van der Waals surface area contributed by atoms with Crippen molar-refractivity contribution in [3.05, 3.63) is 59.2 Å². The number of alkyl halides is 3. The Balaban J connectivity index is 1.49. The molecule has 3 aliphatic rings. The van der Waals surface area contributed by atoms with Gasteiger partial charge in [-0.15, -0.1) is 0 Å². The van der Waals surface area contributed by atoms with Crippen LogP contribution in [-0.4, -0.2) is 17.5 Å². The molecule has 2 aliphatic carbocycles. The molecule has 1 saturated heterocycles. The molecule has 0 aromatic heterocycles. The summed E-state index contributed by atoms with van der Waals surface area (Å²) in [5.74, 6) is 0.646. The lowest BCUT2D eigenvalue weighted by Gasteiger charge is -2.34. The molecule has 28 heavy (non-hydrogen) atoms. The lowest BCUT2D eigenvalue weighted by molar-refractivity contribution is -0.137. The van der Waals surface area contributed by atoms with Crippen LogP contribution in [0.4, 0.5) is 13.2 Å². The highest BCUT2D eigenvalue weighted by atomic mass is 19.4. The number of hydrogen-bond acceptors (Lipinski definition) is 1. The average Bonchev–Trinajstić information content (AvgIpc) is 3.27. The molecule has 2 atom stereocenters. The summed E-state index contributed by atoms with van der Waals surface area (Å²) >= 11 is 0.